The highest BCUT2D eigenvalue weighted by Gasteiger charge is 2.51. The van der Waals surface area contributed by atoms with Crippen LogP contribution in [0, 0.1) is 0 Å². The van der Waals surface area contributed by atoms with Gasteiger partial charge in [0.2, 0.25) is 5.95 Å². The second kappa shape index (κ2) is 10.1. The fourth-order valence-electron chi connectivity index (χ4n) is 9.49. The lowest BCUT2D eigenvalue weighted by atomic mass is 9.63. The van der Waals surface area contributed by atoms with Gasteiger partial charge in [0.1, 0.15) is 0 Å². The number of aromatic nitrogens is 4. The molecule has 2 aliphatic carbocycles. The molecule has 52 heavy (non-hydrogen) atoms. The predicted molar refractivity (Wildman–Crippen MR) is 211 cm³/mol. The third-order valence-electron chi connectivity index (χ3n) is 11.4. The van der Waals surface area contributed by atoms with E-state index in [1.807, 2.05) is 12.3 Å². The molecule has 0 aliphatic heterocycles. The molecule has 0 amide bonds. The summed E-state index contributed by atoms with van der Waals surface area (Å²) in [4.78, 5) is 15.9. The number of benzene rings is 7. The van der Waals surface area contributed by atoms with E-state index < -0.39 is 5.41 Å². The van der Waals surface area contributed by atoms with Gasteiger partial charge in [0.25, 0.3) is 0 Å². The SMILES string of the molecule is c1ccc(-c2nc(-n3c4ccccc4c4c5cccc6c5c(cc43)-c3cccnc3C63c4ccccc4-c4ccccc43)nc3ccccc23)cc1. The lowest BCUT2D eigenvalue weighted by Crippen LogP contribution is -2.32. The van der Waals surface area contributed by atoms with Crippen LogP contribution in [-0.4, -0.2) is 19.5 Å². The van der Waals surface area contributed by atoms with Gasteiger partial charge in [0, 0.05) is 33.5 Å². The summed E-state index contributed by atoms with van der Waals surface area (Å²) < 4.78 is 2.27. The van der Waals surface area contributed by atoms with Crippen molar-refractivity contribution in [2.75, 3.05) is 0 Å². The maximum absolute atomic E-state index is 5.37. The second-order valence-electron chi connectivity index (χ2n) is 13.9. The molecule has 0 radical (unpaired) electrons. The number of para-hydroxylation sites is 2. The van der Waals surface area contributed by atoms with Gasteiger partial charge in [-0.15, -0.1) is 0 Å². The normalized spacial score (nSPS) is 13.5. The van der Waals surface area contributed by atoms with Crippen LogP contribution in [0.3, 0.4) is 0 Å². The van der Waals surface area contributed by atoms with E-state index in [1.54, 1.807) is 0 Å². The fraction of sp³-hybridized carbons (Fsp3) is 0.0208. The van der Waals surface area contributed by atoms with Crippen molar-refractivity contribution in [1.29, 1.82) is 0 Å². The van der Waals surface area contributed by atoms with Crippen LogP contribution in [0.4, 0.5) is 0 Å². The van der Waals surface area contributed by atoms with Crippen LogP contribution in [0.25, 0.3) is 82.9 Å². The number of nitrogens with zero attached hydrogens (tertiary/aromatic N) is 4. The van der Waals surface area contributed by atoms with E-state index in [0.29, 0.717) is 5.95 Å². The van der Waals surface area contributed by atoms with E-state index in [4.69, 9.17) is 15.0 Å². The number of rotatable bonds is 2. The molecule has 1 spiro atoms. The van der Waals surface area contributed by atoms with Crippen LogP contribution >= 0.6 is 0 Å². The van der Waals surface area contributed by atoms with Crippen molar-refractivity contribution < 1.29 is 0 Å². The summed E-state index contributed by atoms with van der Waals surface area (Å²) >= 11 is 0. The zero-order chi connectivity index (χ0) is 34.0. The minimum atomic E-state index is -0.547. The second-order valence-corrected chi connectivity index (χ2v) is 13.9. The van der Waals surface area contributed by atoms with Crippen molar-refractivity contribution in [1.82, 2.24) is 19.5 Å². The number of hydrogen-bond acceptors (Lipinski definition) is 3. The molecule has 0 N–H and O–H groups in total. The highest BCUT2D eigenvalue weighted by molar-refractivity contribution is 6.26. The first-order valence-corrected chi connectivity index (χ1v) is 17.8. The zero-order valence-corrected chi connectivity index (χ0v) is 28.0. The molecule has 0 atom stereocenters. The van der Waals surface area contributed by atoms with Crippen LogP contribution in [-0.2, 0) is 5.41 Å². The minimum absolute atomic E-state index is 0.547. The van der Waals surface area contributed by atoms with Crippen LogP contribution in [0.2, 0.25) is 0 Å². The molecule has 0 saturated heterocycles. The third-order valence-corrected chi connectivity index (χ3v) is 11.4. The van der Waals surface area contributed by atoms with Crippen molar-refractivity contribution in [2.24, 2.45) is 0 Å². The lowest BCUT2D eigenvalue weighted by molar-refractivity contribution is 0.739. The van der Waals surface area contributed by atoms with E-state index in [9.17, 15) is 0 Å². The summed E-state index contributed by atoms with van der Waals surface area (Å²) in [5, 5.41) is 5.91. The van der Waals surface area contributed by atoms with Crippen molar-refractivity contribution in [2.45, 2.75) is 5.41 Å². The van der Waals surface area contributed by atoms with Gasteiger partial charge in [-0.1, -0.05) is 140 Å². The molecule has 3 heterocycles. The molecule has 7 aromatic carbocycles. The molecule has 2 aliphatic rings. The van der Waals surface area contributed by atoms with Crippen LogP contribution < -0.4 is 0 Å². The quantitative estimate of drug-likeness (QED) is 0.185. The van der Waals surface area contributed by atoms with Crippen molar-refractivity contribution in [3.05, 3.63) is 192 Å². The third kappa shape index (κ3) is 3.39. The van der Waals surface area contributed by atoms with Crippen molar-refractivity contribution in [3.8, 4) is 39.5 Å². The summed E-state index contributed by atoms with van der Waals surface area (Å²) in [6.07, 6.45) is 1.96. The lowest BCUT2D eigenvalue weighted by Gasteiger charge is -2.38. The van der Waals surface area contributed by atoms with Gasteiger partial charge in [-0.25, -0.2) is 9.97 Å². The first-order valence-electron chi connectivity index (χ1n) is 17.8. The van der Waals surface area contributed by atoms with Gasteiger partial charge in [-0.3, -0.25) is 9.55 Å². The topological polar surface area (TPSA) is 43.6 Å². The van der Waals surface area contributed by atoms with Crippen LogP contribution in [0.5, 0.6) is 0 Å². The Morgan fingerprint density at radius 3 is 1.92 bits per heavy atom. The molecule has 4 nitrogen and oxygen atoms in total. The van der Waals surface area contributed by atoms with E-state index in [2.05, 4.69) is 162 Å². The average molecular weight is 661 g/mol. The Balaban J connectivity index is 1.26. The Labute approximate surface area is 299 Å². The van der Waals surface area contributed by atoms with Crippen molar-refractivity contribution in [3.63, 3.8) is 0 Å². The predicted octanol–water partition coefficient (Wildman–Crippen LogP) is 11.3. The van der Waals surface area contributed by atoms with E-state index in [0.717, 1.165) is 44.5 Å². The number of hydrogen-bond donors (Lipinski definition) is 0. The smallest absolute Gasteiger partial charge is 0.235 e. The molecule has 3 aromatic heterocycles. The average Bonchev–Trinajstić information content (AvgIpc) is 3.71. The molecular weight excluding hydrogens is 633 g/mol. The largest absolute Gasteiger partial charge is 0.278 e. The summed E-state index contributed by atoms with van der Waals surface area (Å²) in [6, 6.07) is 58.9. The minimum Gasteiger partial charge on any atom is -0.278 e. The monoisotopic (exact) mass is 660 g/mol. The maximum Gasteiger partial charge on any atom is 0.235 e. The van der Waals surface area contributed by atoms with Gasteiger partial charge >= 0.3 is 0 Å². The van der Waals surface area contributed by atoms with Crippen LogP contribution in [0.15, 0.2) is 170 Å². The molecule has 0 saturated carbocycles. The first kappa shape index (κ1) is 27.9. The van der Waals surface area contributed by atoms with E-state index in [-0.39, 0.29) is 0 Å². The van der Waals surface area contributed by atoms with Crippen molar-refractivity contribution >= 4 is 43.5 Å². The van der Waals surface area contributed by atoms with E-state index >= 15 is 0 Å². The Hall–Kier alpha value is -6.91. The molecule has 4 heteroatoms. The first-order chi connectivity index (χ1) is 25.8. The summed E-state index contributed by atoms with van der Waals surface area (Å²) in [5.74, 6) is 0.656. The summed E-state index contributed by atoms with van der Waals surface area (Å²) in [5.41, 5.74) is 14.3. The molecule has 0 bridgehead atoms. The highest BCUT2D eigenvalue weighted by atomic mass is 15.2. The fourth-order valence-corrected chi connectivity index (χ4v) is 9.49. The van der Waals surface area contributed by atoms with E-state index in [1.165, 1.54) is 54.9 Å². The molecule has 12 rings (SSSR count). The van der Waals surface area contributed by atoms with Gasteiger partial charge < -0.3 is 0 Å². The molecule has 0 fully saturated rings. The summed E-state index contributed by atoms with van der Waals surface area (Å²) in [7, 11) is 0. The van der Waals surface area contributed by atoms with Gasteiger partial charge in [0.15, 0.2) is 0 Å². The number of pyridine rings is 1. The molecular formula is C48H28N4. The molecule has 0 unspecified atom stereocenters. The summed E-state index contributed by atoms with van der Waals surface area (Å²) in [6.45, 7) is 0. The van der Waals surface area contributed by atoms with Crippen LogP contribution in [0.1, 0.15) is 22.4 Å². The Morgan fingerprint density at radius 1 is 0.442 bits per heavy atom. The number of fused-ring (bicyclic) bond motifs is 14. The highest BCUT2D eigenvalue weighted by Crippen LogP contribution is 2.61. The Bertz CT molecular complexity index is 3090. The zero-order valence-electron chi connectivity index (χ0n) is 28.0. The van der Waals surface area contributed by atoms with Gasteiger partial charge in [-0.05, 0) is 68.4 Å². The molecule has 10 aromatic rings. The Morgan fingerprint density at radius 2 is 1.10 bits per heavy atom. The Kier molecular flexibility index (Phi) is 5.40. The molecule has 240 valence electrons. The maximum atomic E-state index is 5.37. The van der Waals surface area contributed by atoms with Gasteiger partial charge in [-0.2, -0.15) is 0 Å². The standard InChI is InChI=1S/C48H28N4/c1-2-14-29(15-3-1)45-33-18-6-10-25-40(33)50-47(51-45)52-41-26-11-7-19-34(41)44-35-20-12-24-39-43(35)36(28-42(44)52)32-21-13-27-49-46(32)48(39)37-22-8-4-16-30(37)31-17-5-9-23-38(31)48/h1-28H. The van der Waals surface area contributed by atoms with Gasteiger partial charge in [0.05, 0.1) is 33.4 Å².